The van der Waals surface area contributed by atoms with Crippen LogP contribution in [0.2, 0.25) is 6.04 Å². The van der Waals surface area contributed by atoms with Gasteiger partial charge in [-0.1, -0.05) is 13.8 Å². The van der Waals surface area contributed by atoms with Crippen LogP contribution in [0.1, 0.15) is 20.3 Å². The summed E-state index contributed by atoms with van der Waals surface area (Å²) in [6, 6.07) is 1.17. The molecular formula is C5H12OSi. The Morgan fingerprint density at radius 2 is 2.14 bits per heavy atom. The average molecular weight is 116 g/mol. The maximum atomic E-state index is 5.16. The monoisotopic (exact) mass is 116 g/mol. The predicted octanol–water partition coefficient (Wildman–Crippen LogP) is 1.47. The Kier molecular flexibility index (Phi) is 6.33. The largest absolute Gasteiger partial charge is 0.417 e. The lowest BCUT2D eigenvalue weighted by atomic mass is 10.5. The molecular weight excluding hydrogens is 104 g/mol. The molecule has 0 fully saturated rings. The summed E-state index contributed by atoms with van der Waals surface area (Å²) in [7, 11) is 0.722. The molecule has 7 heavy (non-hydrogen) atoms. The van der Waals surface area contributed by atoms with Crippen LogP contribution in [0.4, 0.5) is 0 Å². The van der Waals surface area contributed by atoms with Gasteiger partial charge in [0.25, 0.3) is 0 Å². The van der Waals surface area contributed by atoms with Crippen LogP contribution < -0.4 is 0 Å². The van der Waals surface area contributed by atoms with Gasteiger partial charge in [-0.2, -0.15) is 0 Å². The maximum absolute atomic E-state index is 5.16. The van der Waals surface area contributed by atoms with E-state index in [1.54, 1.807) is 0 Å². The van der Waals surface area contributed by atoms with Crippen molar-refractivity contribution < 1.29 is 4.43 Å². The second-order valence-electron chi connectivity index (χ2n) is 1.35. The van der Waals surface area contributed by atoms with E-state index in [4.69, 9.17) is 4.43 Å². The zero-order valence-electron chi connectivity index (χ0n) is 5.03. The molecule has 0 atom stereocenters. The second kappa shape index (κ2) is 6.18. The van der Waals surface area contributed by atoms with Crippen LogP contribution >= 0.6 is 0 Å². The summed E-state index contributed by atoms with van der Waals surface area (Å²) >= 11 is 0. The third-order valence-electron chi connectivity index (χ3n) is 0.553. The highest BCUT2D eigenvalue weighted by Crippen LogP contribution is 1.79. The lowest BCUT2D eigenvalue weighted by Gasteiger charge is -1.93. The van der Waals surface area contributed by atoms with E-state index in [1.807, 2.05) is 0 Å². The molecule has 0 aromatic rings. The van der Waals surface area contributed by atoms with Crippen LogP contribution in [0.15, 0.2) is 0 Å². The van der Waals surface area contributed by atoms with Gasteiger partial charge in [0.15, 0.2) is 0 Å². The quantitative estimate of drug-likeness (QED) is 0.399. The van der Waals surface area contributed by atoms with E-state index in [-0.39, 0.29) is 0 Å². The minimum atomic E-state index is 0.722. The first-order valence-electron chi connectivity index (χ1n) is 2.76. The van der Waals surface area contributed by atoms with E-state index in [0.29, 0.717) is 0 Å². The SMILES string of the molecule is CCCO[Si]CC. The van der Waals surface area contributed by atoms with E-state index in [9.17, 15) is 0 Å². The van der Waals surface area contributed by atoms with Gasteiger partial charge in [0.05, 0.1) is 0 Å². The highest BCUT2D eigenvalue weighted by atomic mass is 28.2. The van der Waals surface area contributed by atoms with Crippen LogP contribution in [0, 0.1) is 0 Å². The summed E-state index contributed by atoms with van der Waals surface area (Å²) in [6.07, 6.45) is 1.15. The second-order valence-corrected chi connectivity index (χ2v) is 2.63. The van der Waals surface area contributed by atoms with Gasteiger partial charge in [-0.25, -0.2) is 0 Å². The molecule has 0 saturated carbocycles. The van der Waals surface area contributed by atoms with Gasteiger partial charge < -0.3 is 4.43 Å². The fraction of sp³-hybridized carbons (Fsp3) is 1.00. The van der Waals surface area contributed by atoms with Crippen molar-refractivity contribution in [2.75, 3.05) is 6.61 Å². The normalized spacial score (nSPS) is 9.43. The Balaban J connectivity index is 2.45. The Bertz CT molecular complexity index is 27.3. The van der Waals surface area contributed by atoms with Gasteiger partial charge in [-0.05, 0) is 12.5 Å². The lowest BCUT2D eigenvalue weighted by Crippen LogP contribution is -1.96. The zero-order valence-corrected chi connectivity index (χ0v) is 6.03. The lowest BCUT2D eigenvalue weighted by molar-refractivity contribution is 0.335. The highest BCUT2D eigenvalue weighted by molar-refractivity contribution is 6.26. The molecule has 2 radical (unpaired) electrons. The molecule has 0 N–H and O–H groups in total. The first kappa shape index (κ1) is 7.18. The first-order chi connectivity index (χ1) is 3.41. The molecule has 0 rings (SSSR count). The highest BCUT2D eigenvalue weighted by Gasteiger charge is 1.81. The molecule has 0 amide bonds. The van der Waals surface area contributed by atoms with Crippen molar-refractivity contribution in [3.05, 3.63) is 0 Å². The molecule has 0 aromatic heterocycles. The minimum absolute atomic E-state index is 0.722. The first-order valence-corrected chi connectivity index (χ1v) is 3.88. The van der Waals surface area contributed by atoms with Gasteiger partial charge in [-0.15, -0.1) is 0 Å². The van der Waals surface area contributed by atoms with Crippen LogP contribution in [0.3, 0.4) is 0 Å². The Labute approximate surface area is 48.0 Å². The summed E-state index contributed by atoms with van der Waals surface area (Å²) in [5, 5.41) is 0. The molecule has 0 heterocycles. The van der Waals surface area contributed by atoms with Crippen LogP contribution in [-0.2, 0) is 4.43 Å². The van der Waals surface area contributed by atoms with Gasteiger partial charge >= 0.3 is 0 Å². The molecule has 2 heteroatoms. The van der Waals surface area contributed by atoms with Crippen LogP contribution in [0.25, 0.3) is 0 Å². The van der Waals surface area contributed by atoms with Crippen molar-refractivity contribution in [1.82, 2.24) is 0 Å². The van der Waals surface area contributed by atoms with Crippen molar-refractivity contribution in [3.63, 3.8) is 0 Å². The Hall–Kier alpha value is 0.177. The number of hydrogen-bond acceptors (Lipinski definition) is 1. The van der Waals surface area contributed by atoms with Crippen LogP contribution in [0.5, 0.6) is 0 Å². The molecule has 1 nitrogen and oxygen atoms in total. The molecule has 0 aliphatic heterocycles. The summed E-state index contributed by atoms with van der Waals surface area (Å²) in [4.78, 5) is 0. The van der Waals surface area contributed by atoms with E-state index >= 15 is 0 Å². The summed E-state index contributed by atoms with van der Waals surface area (Å²) in [5.41, 5.74) is 0. The third kappa shape index (κ3) is 6.18. The number of rotatable bonds is 4. The molecule has 0 aliphatic carbocycles. The average Bonchev–Trinajstić information content (AvgIpc) is 1.69. The van der Waals surface area contributed by atoms with E-state index in [0.717, 1.165) is 22.8 Å². The number of hydrogen-bond donors (Lipinski definition) is 0. The molecule has 0 unspecified atom stereocenters. The molecule has 0 bridgehead atoms. The van der Waals surface area contributed by atoms with Gasteiger partial charge in [0.2, 0.25) is 9.76 Å². The van der Waals surface area contributed by atoms with Crippen molar-refractivity contribution in [2.45, 2.75) is 26.3 Å². The Morgan fingerprint density at radius 3 is 2.57 bits per heavy atom. The molecule has 0 saturated heterocycles. The van der Waals surface area contributed by atoms with Crippen molar-refractivity contribution in [2.24, 2.45) is 0 Å². The molecule has 42 valence electrons. The summed E-state index contributed by atoms with van der Waals surface area (Å²) < 4.78 is 5.16. The molecule has 0 aromatic carbocycles. The van der Waals surface area contributed by atoms with Gasteiger partial charge in [0.1, 0.15) is 0 Å². The maximum Gasteiger partial charge on any atom is 0.229 e. The molecule has 0 spiro atoms. The minimum Gasteiger partial charge on any atom is -0.417 e. The fourth-order valence-electron chi connectivity index (χ4n) is 0.276. The summed E-state index contributed by atoms with van der Waals surface area (Å²) in [6.45, 7) is 5.19. The fourth-order valence-corrected chi connectivity index (χ4v) is 0.829. The van der Waals surface area contributed by atoms with E-state index in [1.165, 1.54) is 6.04 Å². The van der Waals surface area contributed by atoms with Gasteiger partial charge in [0, 0.05) is 6.61 Å². The standard InChI is InChI=1S/C5H12OSi/c1-3-5-6-7-4-2/h3-5H2,1-2H3. The van der Waals surface area contributed by atoms with Gasteiger partial charge in [-0.3, -0.25) is 0 Å². The van der Waals surface area contributed by atoms with E-state index in [2.05, 4.69) is 13.8 Å². The Morgan fingerprint density at radius 1 is 1.43 bits per heavy atom. The molecule has 0 aliphatic rings. The predicted molar refractivity (Wildman–Crippen MR) is 32.5 cm³/mol. The van der Waals surface area contributed by atoms with Crippen molar-refractivity contribution >= 4 is 9.76 Å². The van der Waals surface area contributed by atoms with E-state index < -0.39 is 0 Å². The topological polar surface area (TPSA) is 9.23 Å². The van der Waals surface area contributed by atoms with Crippen molar-refractivity contribution in [3.8, 4) is 0 Å². The zero-order chi connectivity index (χ0) is 5.54. The third-order valence-corrected chi connectivity index (χ3v) is 1.25. The summed E-state index contributed by atoms with van der Waals surface area (Å²) in [5.74, 6) is 0. The smallest absolute Gasteiger partial charge is 0.229 e. The van der Waals surface area contributed by atoms with Crippen LogP contribution in [-0.4, -0.2) is 16.4 Å². The van der Waals surface area contributed by atoms with Crippen molar-refractivity contribution in [1.29, 1.82) is 0 Å².